The van der Waals surface area contributed by atoms with Crippen LogP contribution in [0.2, 0.25) is 0 Å². The molecule has 2 aromatic heterocycles. The third-order valence-corrected chi connectivity index (χ3v) is 3.90. The molecule has 0 saturated heterocycles. The standard InChI is InChI=1S/C21H17F3N2O3/c1-2-29-20(27)14-28-13-17-18(26-12-4-3-5-19(26)25-17)11-8-15-6-9-16(10-7-15)21(22,23)24/h3-7,9-10,12H,2,13-14H2,1H3. The molecular weight excluding hydrogens is 385 g/mol. The monoisotopic (exact) mass is 402 g/mol. The molecule has 0 spiro atoms. The molecule has 0 aliphatic rings. The average Bonchev–Trinajstić information content (AvgIpc) is 3.03. The van der Waals surface area contributed by atoms with Gasteiger partial charge >= 0.3 is 12.1 Å². The molecule has 29 heavy (non-hydrogen) atoms. The largest absolute Gasteiger partial charge is 0.464 e. The number of halogens is 3. The Morgan fingerprint density at radius 3 is 2.59 bits per heavy atom. The maximum Gasteiger partial charge on any atom is 0.416 e. The lowest BCUT2D eigenvalue weighted by Crippen LogP contribution is -2.12. The van der Waals surface area contributed by atoms with Gasteiger partial charge in [0, 0.05) is 11.8 Å². The van der Waals surface area contributed by atoms with E-state index in [1.54, 1.807) is 29.7 Å². The summed E-state index contributed by atoms with van der Waals surface area (Å²) >= 11 is 0. The second-order valence-electron chi connectivity index (χ2n) is 5.96. The first kappa shape index (κ1) is 20.4. The van der Waals surface area contributed by atoms with Crippen LogP contribution in [0.25, 0.3) is 5.65 Å². The first-order valence-electron chi connectivity index (χ1n) is 8.77. The van der Waals surface area contributed by atoms with E-state index in [2.05, 4.69) is 16.8 Å². The summed E-state index contributed by atoms with van der Waals surface area (Å²) in [5.74, 6) is 5.32. The van der Waals surface area contributed by atoms with E-state index in [1.165, 1.54) is 12.1 Å². The zero-order chi connectivity index (χ0) is 20.9. The first-order valence-corrected chi connectivity index (χ1v) is 8.77. The number of pyridine rings is 1. The number of hydrogen-bond donors (Lipinski definition) is 0. The van der Waals surface area contributed by atoms with E-state index in [0.29, 0.717) is 22.6 Å². The number of imidazole rings is 1. The summed E-state index contributed by atoms with van der Waals surface area (Å²) in [6.45, 7) is 1.79. The molecule has 3 rings (SSSR count). The molecule has 150 valence electrons. The molecular formula is C21H17F3N2O3. The van der Waals surface area contributed by atoms with E-state index in [0.717, 1.165) is 12.1 Å². The summed E-state index contributed by atoms with van der Waals surface area (Å²) in [6, 6.07) is 10.0. The van der Waals surface area contributed by atoms with Crippen LogP contribution in [-0.2, 0) is 27.1 Å². The third-order valence-electron chi connectivity index (χ3n) is 3.90. The summed E-state index contributed by atoms with van der Waals surface area (Å²) < 4.78 is 50.0. The maximum absolute atomic E-state index is 12.7. The Labute approximate surface area is 165 Å². The van der Waals surface area contributed by atoms with Gasteiger partial charge in [0.05, 0.1) is 18.8 Å². The summed E-state index contributed by atoms with van der Waals surface area (Å²) in [6.07, 6.45) is -2.62. The van der Waals surface area contributed by atoms with Crippen LogP contribution in [0.4, 0.5) is 13.2 Å². The van der Waals surface area contributed by atoms with Crippen molar-refractivity contribution < 1.29 is 27.4 Å². The Kier molecular flexibility index (Phi) is 6.20. The summed E-state index contributed by atoms with van der Waals surface area (Å²) in [5.41, 5.74) is 1.39. The molecule has 0 aliphatic carbocycles. The van der Waals surface area contributed by atoms with Crippen molar-refractivity contribution in [1.82, 2.24) is 9.38 Å². The van der Waals surface area contributed by atoms with Gasteiger partial charge in [0.15, 0.2) is 0 Å². The molecule has 0 unspecified atom stereocenters. The van der Waals surface area contributed by atoms with Gasteiger partial charge in [0.1, 0.15) is 23.6 Å². The number of esters is 1. The second-order valence-corrected chi connectivity index (χ2v) is 5.96. The molecule has 5 nitrogen and oxygen atoms in total. The van der Waals surface area contributed by atoms with Crippen molar-refractivity contribution in [3.05, 3.63) is 71.2 Å². The van der Waals surface area contributed by atoms with Crippen LogP contribution in [0.1, 0.15) is 29.4 Å². The van der Waals surface area contributed by atoms with Crippen molar-refractivity contribution in [3.63, 3.8) is 0 Å². The van der Waals surface area contributed by atoms with Crippen LogP contribution < -0.4 is 0 Å². The third kappa shape index (κ3) is 5.15. The van der Waals surface area contributed by atoms with Gasteiger partial charge in [0.25, 0.3) is 0 Å². The fraction of sp³-hybridized carbons (Fsp3) is 0.238. The van der Waals surface area contributed by atoms with Crippen molar-refractivity contribution in [3.8, 4) is 11.8 Å². The maximum atomic E-state index is 12.7. The Balaban J connectivity index is 1.85. The van der Waals surface area contributed by atoms with Gasteiger partial charge in [-0.2, -0.15) is 13.2 Å². The van der Waals surface area contributed by atoms with E-state index < -0.39 is 17.7 Å². The topological polar surface area (TPSA) is 52.8 Å². The number of hydrogen-bond acceptors (Lipinski definition) is 4. The number of aromatic nitrogens is 2. The fourth-order valence-electron chi connectivity index (χ4n) is 2.59. The quantitative estimate of drug-likeness (QED) is 0.481. The minimum Gasteiger partial charge on any atom is -0.464 e. The highest BCUT2D eigenvalue weighted by molar-refractivity contribution is 5.70. The number of alkyl halides is 3. The highest BCUT2D eigenvalue weighted by atomic mass is 19.4. The molecule has 0 N–H and O–H groups in total. The van der Waals surface area contributed by atoms with Crippen molar-refractivity contribution in [2.24, 2.45) is 0 Å². The normalized spacial score (nSPS) is 11.2. The average molecular weight is 402 g/mol. The number of carbonyl (C=O) groups excluding carboxylic acids is 1. The lowest BCUT2D eigenvalue weighted by molar-refractivity contribution is -0.148. The van der Waals surface area contributed by atoms with Crippen LogP contribution in [0.3, 0.4) is 0 Å². The van der Waals surface area contributed by atoms with Crippen LogP contribution in [0.15, 0.2) is 48.7 Å². The van der Waals surface area contributed by atoms with Gasteiger partial charge in [-0.1, -0.05) is 12.0 Å². The van der Waals surface area contributed by atoms with Crippen LogP contribution in [0.5, 0.6) is 0 Å². The molecule has 1 aromatic carbocycles. The van der Waals surface area contributed by atoms with Gasteiger partial charge in [-0.3, -0.25) is 4.40 Å². The Morgan fingerprint density at radius 1 is 1.14 bits per heavy atom. The van der Waals surface area contributed by atoms with E-state index in [4.69, 9.17) is 9.47 Å². The molecule has 8 heteroatoms. The van der Waals surface area contributed by atoms with Crippen molar-refractivity contribution in [1.29, 1.82) is 0 Å². The molecule has 2 heterocycles. The molecule has 0 bridgehead atoms. The minimum atomic E-state index is -4.39. The lowest BCUT2D eigenvalue weighted by atomic mass is 10.1. The summed E-state index contributed by atoms with van der Waals surface area (Å²) in [7, 11) is 0. The van der Waals surface area contributed by atoms with Crippen molar-refractivity contribution in [2.45, 2.75) is 19.7 Å². The zero-order valence-corrected chi connectivity index (χ0v) is 15.5. The predicted molar refractivity (Wildman–Crippen MR) is 98.9 cm³/mol. The highest BCUT2D eigenvalue weighted by Crippen LogP contribution is 2.29. The minimum absolute atomic E-state index is 0.0392. The lowest BCUT2D eigenvalue weighted by Gasteiger charge is -2.05. The number of ether oxygens (including phenoxy) is 2. The molecule has 0 atom stereocenters. The second kappa shape index (κ2) is 8.80. The number of nitrogens with zero attached hydrogens (tertiary/aromatic N) is 2. The van der Waals surface area contributed by atoms with Gasteiger partial charge in [-0.15, -0.1) is 0 Å². The van der Waals surface area contributed by atoms with E-state index in [9.17, 15) is 18.0 Å². The molecule has 0 fully saturated rings. The Hall–Kier alpha value is -3.31. The van der Waals surface area contributed by atoms with Crippen LogP contribution in [0, 0.1) is 11.8 Å². The molecule has 3 aromatic rings. The zero-order valence-electron chi connectivity index (χ0n) is 15.5. The first-order chi connectivity index (χ1) is 13.9. The Morgan fingerprint density at radius 2 is 1.90 bits per heavy atom. The van der Waals surface area contributed by atoms with Crippen molar-refractivity contribution >= 4 is 11.6 Å². The number of fused-ring (bicyclic) bond motifs is 1. The fourth-order valence-corrected chi connectivity index (χ4v) is 2.59. The smallest absolute Gasteiger partial charge is 0.416 e. The SMILES string of the molecule is CCOC(=O)COCc1nc2ccccn2c1C#Cc1ccc(C(F)(F)F)cc1. The molecule has 0 aliphatic heterocycles. The Bertz CT molecular complexity index is 1060. The summed E-state index contributed by atoms with van der Waals surface area (Å²) in [5, 5.41) is 0. The summed E-state index contributed by atoms with van der Waals surface area (Å²) in [4.78, 5) is 15.9. The van der Waals surface area contributed by atoms with Crippen LogP contribution in [-0.4, -0.2) is 28.6 Å². The molecule has 0 saturated carbocycles. The van der Waals surface area contributed by atoms with Crippen molar-refractivity contribution in [2.75, 3.05) is 13.2 Å². The van der Waals surface area contributed by atoms with Gasteiger partial charge in [-0.25, -0.2) is 9.78 Å². The highest BCUT2D eigenvalue weighted by Gasteiger charge is 2.29. The van der Waals surface area contributed by atoms with E-state index >= 15 is 0 Å². The van der Waals surface area contributed by atoms with Gasteiger partial charge in [0.2, 0.25) is 0 Å². The predicted octanol–water partition coefficient (Wildman–Crippen LogP) is 3.83. The van der Waals surface area contributed by atoms with Gasteiger partial charge < -0.3 is 9.47 Å². The number of benzene rings is 1. The number of carbonyl (C=O) groups is 1. The number of rotatable bonds is 5. The van der Waals surface area contributed by atoms with E-state index in [-0.39, 0.29) is 19.8 Å². The van der Waals surface area contributed by atoms with E-state index in [1.807, 2.05) is 6.07 Å². The molecule has 0 radical (unpaired) electrons. The van der Waals surface area contributed by atoms with Gasteiger partial charge in [-0.05, 0) is 49.2 Å². The van der Waals surface area contributed by atoms with Crippen LogP contribution >= 0.6 is 0 Å². The molecule has 0 amide bonds.